The number of benzene rings is 1. The molecule has 4 heteroatoms. The van der Waals surface area contributed by atoms with Crippen molar-refractivity contribution < 1.29 is 14.3 Å². The fraction of sp³-hybridized carbons (Fsp3) is 0.588. The van der Waals surface area contributed by atoms with Gasteiger partial charge in [-0.2, -0.15) is 0 Å². The Bertz CT molecular complexity index is 563. The molecule has 0 N–H and O–H groups in total. The van der Waals surface area contributed by atoms with Crippen molar-refractivity contribution in [2.75, 3.05) is 13.3 Å². The summed E-state index contributed by atoms with van der Waals surface area (Å²) in [5.41, 5.74) is 2.52. The Balaban J connectivity index is 1.52. The third-order valence-electron chi connectivity index (χ3n) is 4.97. The molecule has 0 aromatic heterocycles. The van der Waals surface area contributed by atoms with Crippen LogP contribution in [0.2, 0.25) is 0 Å². The fourth-order valence-corrected chi connectivity index (χ4v) is 3.74. The smallest absolute Gasteiger partial charge is 0.231 e. The second-order valence-electron chi connectivity index (χ2n) is 6.32. The summed E-state index contributed by atoms with van der Waals surface area (Å²) >= 11 is 0. The van der Waals surface area contributed by atoms with E-state index in [0.29, 0.717) is 12.7 Å². The molecule has 21 heavy (non-hydrogen) atoms. The van der Waals surface area contributed by atoms with Gasteiger partial charge in [0.25, 0.3) is 0 Å². The Morgan fingerprint density at radius 1 is 1.05 bits per heavy atom. The molecule has 0 unspecified atom stereocenters. The summed E-state index contributed by atoms with van der Waals surface area (Å²) in [5, 5.41) is 0. The normalized spacial score (nSPS) is 21.2. The van der Waals surface area contributed by atoms with Gasteiger partial charge in [-0.1, -0.05) is 19.3 Å². The van der Waals surface area contributed by atoms with Crippen LogP contribution in [0.15, 0.2) is 12.1 Å². The Morgan fingerprint density at radius 2 is 1.76 bits per heavy atom. The zero-order chi connectivity index (χ0) is 14.2. The number of ether oxygens (including phenoxy) is 2. The molecular formula is C17H21NO3. The van der Waals surface area contributed by atoms with E-state index in [4.69, 9.17) is 9.47 Å². The van der Waals surface area contributed by atoms with Crippen molar-refractivity contribution in [2.45, 2.75) is 45.1 Å². The van der Waals surface area contributed by atoms with Crippen molar-refractivity contribution in [3.8, 4) is 11.5 Å². The monoisotopic (exact) mass is 287 g/mol. The third-order valence-corrected chi connectivity index (χ3v) is 4.97. The lowest BCUT2D eigenvalue weighted by Crippen LogP contribution is -2.40. The summed E-state index contributed by atoms with van der Waals surface area (Å²) in [6.45, 7) is 1.87. The lowest BCUT2D eigenvalue weighted by molar-refractivity contribution is -0.137. The Hall–Kier alpha value is -1.71. The van der Waals surface area contributed by atoms with Crippen LogP contribution in [-0.4, -0.2) is 24.1 Å². The molecule has 1 aromatic carbocycles. The third kappa shape index (κ3) is 2.37. The predicted octanol–water partition coefficient (Wildman–Crippen LogP) is 2.88. The lowest BCUT2D eigenvalue weighted by Gasteiger charge is -2.33. The van der Waals surface area contributed by atoms with Crippen LogP contribution < -0.4 is 9.47 Å². The van der Waals surface area contributed by atoms with Crippen LogP contribution in [-0.2, 0) is 17.8 Å². The van der Waals surface area contributed by atoms with E-state index in [1.807, 2.05) is 4.90 Å². The van der Waals surface area contributed by atoms with E-state index < -0.39 is 0 Å². The van der Waals surface area contributed by atoms with Crippen molar-refractivity contribution in [3.63, 3.8) is 0 Å². The van der Waals surface area contributed by atoms with Gasteiger partial charge in [-0.15, -0.1) is 0 Å². The number of nitrogens with zero attached hydrogens (tertiary/aromatic N) is 1. The van der Waals surface area contributed by atoms with Crippen LogP contribution in [0.4, 0.5) is 0 Å². The summed E-state index contributed by atoms with van der Waals surface area (Å²) in [6.07, 6.45) is 6.77. The number of fused-ring (bicyclic) bond motifs is 2. The second kappa shape index (κ2) is 5.24. The van der Waals surface area contributed by atoms with Crippen molar-refractivity contribution in [1.82, 2.24) is 4.90 Å². The highest BCUT2D eigenvalue weighted by atomic mass is 16.7. The van der Waals surface area contributed by atoms with E-state index in [1.54, 1.807) is 0 Å². The average molecular weight is 287 g/mol. The van der Waals surface area contributed by atoms with Gasteiger partial charge in [0.2, 0.25) is 12.7 Å². The molecular weight excluding hydrogens is 266 g/mol. The lowest BCUT2D eigenvalue weighted by atomic mass is 9.87. The van der Waals surface area contributed by atoms with Crippen LogP contribution in [0.3, 0.4) is 0 Å². The Kier molecular flexibility index (Phi) is 3.24. The van der Waals surface area contributed by atoms with Gasteiger partial charge >= 0.3 is 0 Å². The number of amides is 1. The van der Waals surface area contributed by atoms with E-state index >= 15 is 0 Å². The molecule has 0 radical (unpaired) electrons. The van der Waals surface area contributed by atoms with E-state index in [1.165, 1.54) is 30.4 Å². The molecule has 0 atom stereocenters. The van der Waals surface area contributed by atoms with Crippen molar-refractivity contribution in [3.05, 3.63) is 23.3 Å². The number of carbonyl (C=O) groups excluding carboxylic acids is 1. The highest BCUT2D eigenvalue weighted by Gasteiger charge is 2.29. The van der Waals surface area contributed by atoms with E-state index in [-0.39, 0.29) is 5.92 Å². The maximum Gasteiger partial charge on any atom is 0.231 e. The van der Waals surface area contributed by atoms with Gasteiger partial charge in [0.05, 0.1) is 0 Å². The molecule has 4 rings (SSSR count). The number of hydrogen-bond acceptors (Lipinski definition) is 3. The van der Waals surface area contributed by atoms with Crippen LogP contribution >= 0.6 is 0 Å². The Labute approximate surface area is 125 Å². The zero-order valence-electron chi connectivity index (χ0n) is 12.3. The van der Waals surface area contributed by atoms with Gasteiger partial charge in [0, 0.05) is 19.0 Å². The second-order valence-corrected chi connectivity index (χ2v) is 6.32. The van der Waals surface area contributed by atoms with Crippen molar-refractivity contribution in [2.24, 2.45) is 5.92 Å². The molecule has 2 aliphatic heterocycles. The molecule has 2 heterocycles. The van der Waals surface area contributed by atoms with Gasteiger partial charge in [-0.05, 0) is 42.5 Å². The van der Waals surface area contributed by atoms with Gasteiger partial charge in [-0.25, -0.2) is 0 Å². The molecule has 1 amide bonds. The van der Waals surface area contributed by atoms with Gasteiger partial charge in [0.1, 0.15) is 0 Å². The number of carbonyl (C=O) groups is 1. The Morgan fingerprint density at radius 3 is 2.52 bits per heavy atom. The minimum absolute atomic E-state index is 0.259. The van der Waals surface area contributed by atoms with Gasteiger partial charge in [0.15, 0.2) is 11.5 Å². The molecule has 0 saturated heterocycles. The molecule has 112 valence electrons. The molecule has 0 spiro atoms. The van der Waals surface area contributed by atoms with E-state index in [9.17, 15) is 4.79 Å². The van der Waals surface area contributed by atoms with Crippen LogP contribution in [0.1, 0.15) is 43.2 Å². The first kappa shape index (κ1) is 13.0. The topological polar surface area (TPSA) is 38.8 Å². The molecule has 0 bridgehead atoms. The first-order chi connectivity index (χ1) is 10.3. The van der Waals surface area contributed by atoms with E-state index in [2.05, 4.69) is 12.1 Å². The summed E-state index contributed by atoms with van der Waals surface area (Å²) in [6, 6.07) is 4.14. The zero-order valence-corrected chi connectivity index (χ0v) is 12.3. The predicted molar refractivity (Wildman–Crippen MR) is 78.3 cm³/mol. The van der Waals surface area contributed by atoms with Crippen LogP contribution in [0, 0.1) is 5.92 Å². The minimum atomic E-state index is 0.259. The quantitative estimate of drug-likeness (QED) is 0.797. The van der Waals surface area contributed by atoms with E-state index in [0.717, 1.165) is 43.9 Å². The number of rotatable bonds is 1. The van der Waals surface area contributed by atoms with Crippen molar-refractivity contribution in [1.29, 1.82) is 0 Å². The summed E-state index contributed by atoms with van der Waals surface area (Å²) in [4.78, 5) is 14.7. The average Bonchev–Trinajstić information content (AvgIpc) is 2.99. The summed E-state index contributed by atoms with van der Waals surface area (Å²) < 4.78 is 10.9. The highest BCUT2D eigenvalue weighted by Crippen LogP contribution is 2.37. The molecule has 1 aromatic rings. The summed E-state index contributed by atoms with van der Waals surface area (Å²) in [7, 11) is 0. The maximum absolute atomic E-state index is 12.7. The summed E-state index contributed by atoms with van der Waals surface area (Å²) in [5.74, 6) is 2.29. The van der Waals surface area contributed by atoms with Crippen molar-refractivity contribution >= 4 is 5.91 Å². The number of hydrogen-bond donors (Lipinski definition) is 0. The van der Waals surface area contributed by atoms with Gasteiger partial charge in [-0.3, -0.25) is 4.79 Å². The first-order valence-corrected chi connectivity index (χ1v) is 8.01. The fourth-order valence-electron chi connectivity index (χ4n) is 3.74. The SMILES string of the molecule is O=C(C1CCCCC1)N1CCc2cc3c(cc2C1)OCO3. The van der Waals surface area contributed by atoms with Crippen LogP contribution in [0.25, 0.3) is 0 Å². The molecule has 3 aliphatic rings. The first-order valence-electron chi connectivity index (χ1n) is 8.01. The maximum atomic E-state index is 12.7. The molecule has 1 saturated carbocycles. The van der Waals surface area contributed by atoms with Gasteiger partial charge < -0.3 is 14.4 Å². The molecule has 4 nitrogen and oxygen atoms in total. The largest absolute Gasteiger partial charge is 0.454 e. The minimum Gasteiger partial charge on any atom is -0.454 e. The molecule has 1 fully saturated rings. The molecule has 1 aliphatic carbocycles. The highest BCUT2D eigenvalue weighted by molar-refractivity contribution is 5.79. The van der Waals surface area contributed by atoms with Crippen LogP contribution in [0.5, 0.6) is 11.5 Å². The standard InChI is InChI=1S/C17H21NO3/c19-17(12-4-2-1-3-5-12)18-7-6-13-8-15-16(21-11-20-15)9-14(13)10-18/h8-9,12H,1-7,10-11H2.